The second kappa shape index (κ2) is 7.93. The van der Waals surface area contributed by atoms with Crippen LogP contribution in [0.2, 0.25) is 0 Å². The summed E-state index contributed by atoms with van der Waals surface area (Å²) >= 11 is 0. The normalized spacial score (nSPS) is 15.6. The average molecular weight is 382 g/mol. The number of likely N-dealkylation sites (tertiary alicyclic amines) is 1. The molecular weight excluding hydrogens is 359 g/mol. The summed E-state index contributed by atoms with van der Waals surface area (Å²) in [6.07, 6.45) is 7.62. The molecule has 0 radical (unpaired) electrons. The molecule has 0 spiro atoms. The Morgan fingerprint density at radius 1 is 1.21 bits per heavy atom. The van der Waals surface area contributed by atoms with E-state index in [1.165, 1.54) is 12.1 Å². The molecule has 0 bridgehead atoms. The Morgan fingerprint density at radius 3 is 2.71 bits per heavy atom. The predicted molar refractivity (Wildman–Crippen MR) is 104 cm³/mol. The molecule has 0 saturated carbocycles. The van der Waals surface area contributed by atoms with E-state index in [0.717, 1.165) is 31.6 Å². The SMILES string of the molecule is CN1CCC(n2cc(NC(=O)Cc3ccn(-c4ccc(F)cc4)n3)cn2)CC1. The van der Waals surface area contributed by atoms with Gasteiger partial charge in [0.1, 0.15) is 5.82 Å². The van der Waals surface area contributed by atoms with Gasteiger partial charge in [-0.25, -0.2) is 9.07 Å². The Labute approximate surface area is 162 Å². The number of amides is 1. The summed E-state index contributed by atoms with van der Waals surface area (Å²) in [7, 11) is 2.13. The fraction of sp³-hybridized carbons (Fsp3) is 0.350. The van der Waals surface area contributed by atoms with Crippen LogP contribution in [0.4, 0.5) is 10.1 Å². The molecule has 146 valence electrons. The van der Waals surface area contributed by atoms with Gasteiger partial charge in [0, 0.05) is 12.4 Å². The molecule has 1 fully saturated rings. The van der Waals surface area contributed by atoms with Gasteiger partial charge in [-0.15, -0.1) is 0 Å². The molecule has 3 heterocycles. The summed E-state index contributed by atoms with van der Waals surface area (Å²) in [6, 6.07) is 8.21. The quantitative estimate of drug-likeness (QED) is 0.737. The number of hydrogen-bond donors (Lipinski definition) is 1. The lowest BCUT2D eigenvalue weighted by Crippen LogP contribution is -2.31. The highest BCUT2D eigenvalue weighted by Crippen LogP contribution is 2.22. The number of nitrogens with zero attached hydrogens (tertiary/aromatic N) is 5. The molecule has 1 aliphatic rings. The number of piperidine rings is 1. The Balaban J connectivity index is 1.34. The van der Waals surface area contributed by atoms with Crippen LogP contribution in [0, 0.1) is 5.82 Å². The van der Waals surface area contributed by atoms with Gasteiger partial charge in [-0.05, 0) is 63.3 Å². The van der Waals surface area contributed by atoms with Crippen molar-refractivity contribution in [3.05, 3.63) is 60.4 Å². The van der Waals surface area contributed by atoms with Crippen LogP contribution in [-0.4, -0.2) is 50.5 Å². The highest BCUT2D eigenvalue weighted by Gasteiger charge is 2.19. The lowest BCUT2D eigenvalue weighted by Gasteiger charge is -2.28. The predicted octanol–water partition coefficient (Wildman–Crippen LogP) is 2.66. The van der Waals surface area contributed by atoms with Crippen LogP contribution in [0.25, 0.3) is 5.69 Å². The molecule has 1 aromatic carbocycles. The van der Waals surface area contributed by atoms with E-state index in [4.69, 9.17) is 0 Å². The van der Waals surface area contributed by atoms with E-state index >= 15 is 0 Å². The molecule has 1 aliphatic heterocycles. The van der Waals surface area contributed by atoms with E-state index in [2.05, 4.69) is 27.5 Å². The number of anilines is 1. The van der Waals surface area contributed by atoms with Gasteiger partial charge in [-0.3, -0.25) is 9.48 Å². The number of hydrogen-bond acceptors (Lipinski definition) is 4. The first-order valence-electron chi connectivity index (χ1n) is 9.40. The number of nitrogens with one attached hydrogen (secondary N) is 1. The van der Waals surface area contributed by atoms with Crippen molar-refractivity contribution in [2.24, 2.45) is 0 Å². The molecule has 0 atom stereocenters. The molecule has 1 amide bonds. The van der Waals surface area contributed by atoms with Crippen LogP contribution in [0.3, 0.4) is 0 Å². The number of halogens is 1. The largest absolute Gasteiger partial charge is 0.323 e. The summed E-state index contributed by atoms with van der Waals surface area (Å²) in [5, 5.41) is 11.7. The summed E-state index contributed by atoms with van der Waals surface area (Å²) in [5.41, 5.74) is 2.08. The van der Waals surface area contributed by atoms with Gasteiger partial charge in [0.15, 0.2) is 0 Å². The topological polar surface area (TPSA) is 68.0 Å². The average Bonchev–Trinajstić information content (AvgIpc) is 3.33. The van der Waals surface area contributed by atoms with Gasteiger partial charge in [0.25, 0.3) is 0 Å². The Hall–Kier alpha value is -3.00. The maximum atomic E-state index is 13.0. The van der Waals surface area contributed by atoms with Crippen molar-refractivity contribution >= 4 is 11.6 Å². The molecule has 2 aromatic heterocycles. The number of carbonyl (C=O) groups excluding carboxylic acids is 1. The van der Waals surface area contributed by atoms with Crippen molar-refractivity contribution in [3.8, 4) is 5.69 Å². The second-order valence-electron chi connectivity index (χ2n) is 7.20. The molecule has 1 saturated heterocycles. The van der Waals surface area contributed by atoms with Crippen LogP contribution in [-0.2, 0) is 11.2 Å². The molecule has 3 aromatic rings. The van der Waals surface area contributed by atoms with Gasteiger partial charge in [0.05, 0.1) is 35.7 Å². The maximum Gasteiger partial charge on any atom is 0.230 e. The molecule has 0 unspecified atom stereocenters. The summed E-state index contributed by atoms with van der Waals surface area (Å²) in [4.78, 5) is 14.7. The monoisotopic (exact) mass is 382 g/mol. The highest BCUT2D eigenvalue weighted by atomic mass is 19.1. The molecule has 7 nitrogen and oxygen atoms in total. The second-order valence-corrected chi connectivity index (χ2v) is 7.20. The fourth-order valence-corrected chi connectivity index (χ4v) is 3.43. The lowest BCUT2D eigenvalue weighted by atomic mass is 10.1. The number of benzene rings is 1. The van der Waals surface area contributed by atoms with Crippen molar-refractivity contribution < 1.29 is 9.18 Å². The van der Waals surface area contributed by atoms with Crippen LogP contribution >= 0.6 is 0 Å². The third kappa shape index (κ3) is 4.28. The van der Waals surface area contributed by atoms with E-state index in [9.17, 15) is 9.18 Å². The van der Waals surface area contributed by atoms with Crippen molar-refractivity contribution in [2.75, 3.05) is 25.5 Å². The molecule has 8 heteroatoms. The number of carbonyl (C=O) groups is 1. The van der Waals surface area contributed by atoms with E-state index < -0.39 is 0 Å². The van der Waals surface area contributed by atoms with Crippen LogP contribution < -0.4 is 5.32 Å². The number of rotatable bonds is 5. The van der Waals surface area contributed by atoms with Crippen LogP contribution in [0.1, 0.15) is 24.6 Å². The minimum absolute atomic E-state index is 0.146. The smallest absolute Gasteiger partial charge is 0.230 e. The summed E-state index contributed by atoms with van der Waals surface area (Å²) in [6.45, 7) is 2.12. The fourth-order valence-electron chi connectivity index (χ4n) is 3.43. The lowest BCUT2D eigenvalue weighted by molar-refractivity contribution is -0.115. The Kier molecular flexibility index (Phi) is 5.21. The minimum Gasteiger partial charge on any atom is -0.323 e. The molecule has 4 rings (SSSR count). The minimum atomic E-state index is -0.295. The molecular formula is C20H23FN6O. The van der Waals surface area contributed by atoms with Gasteiger partial charge >= 0.3 is 0 Å². The van der Waals surface area contributed by atoms with Crippen molar-refractivity contribution in [3.63, 3.8) is 0 Å². The highest BCUT2D eigenvalue weighted by molar-refractivity contribution is 5.91. The zero-order valence-corrected chi connectivity index (χ0v) is 15.8. The number of aromatic nitrogens is 4. The van der Waals surface area contributed by atoms with E-state index in [1.807, 2.05) is 10.9 Å². The third-order valence-electron chi connectivity index (χ3n) is 5.02. The van der Waals surface area contributed by atoms with Gasteiger partial charge in [-0.2, -0.15) is 10.2 Å². The van der Waals surface area contributed by atoms with Crippen molar-refractivity contribution in [1.82, 2.24) is 24.5 Å². The zero-order valence-electron chi connectivity index (χ0n) is 15.8. The maximum absolute atomic E-state index is 13.0. The Bertz CT molecular complexity index is 940. The van der Waals surface area contributed by atoms with E-state index in [0.29, 0.717) is 17.4 Å². The standard InChI is InChI=1S/C20H23FN6O/c1-25-9-7-19(8-10-25)27-14-17(13-22-27)23-20(28)12-16-6-11-26(24-16)18-4-2-15(21)3-5-18/h2-6,11,13-14,19H,7-10,12H2,1H3,(H,23,28). The Morgan fingerprint density at radius 2 is 1.96 bits per heavy atom. The third-order valence-corrected chi connectivity index (χ3v) is 5.02. The summed E-state index contributed by atoms with van der Waals surface area (Å²) in [5.74, 6) is -0.441. The molecule has 28 heavy (non-hydrogen) atoms. The first kappa shape index (κ1) is 18.4. The summed E-state index contributed by atoms with van der Waals surface area (Å²) < 4.78 is 16.6. The molecule has 0 aliphatic carbocycles. The van der Waals surface area contributed by atoms with Gasteiger partial charge in [0.2, 0.25) is 5.91 Å². The van der Waals surface area contributed by atoms with Crippen LogP contribution in [0.5, 0.6) is 0 Å². The zero-order chi connectivity index (χ0) is 19.5. The van der Waals surface area contributed by atoms with E-state index in [1.54, 1.807) is 35.3 Å². The van der Waals surface area contributed by atoms with Gasteiger partial charge < -0.3 is 10.2 Å². The first-order chi connectivity index (χ1) is 13.6. The van der Waals surface area contributed by atoms with Crippen molar-refractivity contribution in [2.45, 2.75) is 25.3 Å². The van der Waals surface area contributed by atoms with Crippen molar-refractivity contribution in [1.29, 1.82) is 0 Å². The first-order valence-corrected chi connectivity index (χ1v) is 9.40. The molecule has 1 N–H and O–H groups in total. The van der Waals surface area contributed by atoms with Gasteiger partial charge in [-0.1, -0.05) is 0 Å². The van der Waals surface area contributed by atoms with Crippen LogP contribution in [0.15, 0.2) is 48.9 Å². The van der Waals surface area contributed by atoms with E-state index in [-0.39, 0.29) is 18.1 Å².